The predicted molar refractivity (Wildman–Crippen MR) is 72.3 cm³/mol. The number of carbonyl (C=O) groups excluding carboxylic acids is 1. The second-order valence-electron chi connectivity index (χ2n) is 4.85. The van der Waals surface area contributed by atoms with E-state index in [-0.39, 0.29) is 17.7 Å². The van der Waals surface area contributed by atoms with Crippen LogP contribution in [0.4, 0.5) is 0 Å². The monoisotopic (exact) mass is 281 g/mol. The van der Waals surface area contributed by atoms with Gasteiger partial charge in [0.05, 0.1) is 5.92 Å². The van der Waals surface area contributed by atoms with Crippen LogP contribution in [0.3, 0.4) is 0 Å². The fourth-order valence-corrected chi connectivity index (χ4v) is 2.66. The maximum absolute atomic E-state index is 11.9. The highest BCUT2D eigenvalue weighted by Crippen LogP contribution is 2.31. The zero-order chi connectivity index (χ0) is 13.8. The second-order valence-corrected chi connectivity index (χ2v) is 5.29. The molecule has 1 aromatic rings. The van der Waals surface area contributed by atoms with Gasteiger partial charge in [0.2, 0.25) is 0 Å². The number of carbonyl (C=O) groups is 2. The molecule has 1 aliphatic carbocycles. The molecule has 0 radical (unpaired) electrons. The van der Waals surface area contributed by atoms with Crippen LogP contribution in [0.1, 0.15) is 29.6 Å². The third kappa shape index (κ3) is 3.47. The van der Waals surface area contributed by atoms with Gasteiger partial charge >= 0.3 is 5.97 Å². The molecule has 0 spiro atoms. The molecule has 1 aromatic carbocycles. The standard InChI is InChI=1S/C14H16ClNO3/c15-11-6-4-9(5-7-11)13(17)16-8-10-2-1-3-12(10)14(18)19/h4-7,10,12H,1-3,8H2,(H,16,17)(H,18,19). The van der Waals surface area contributed by atoms with Gasteiger partial charge in [0.15, 0.2) is 0 Å². The van der Waals surface area contributed by atoms with Crippen LogP contribution in [0, 0.1) is 11.8 Å². The molecule has 0 aromatic heterocycles. The molecular weight excluding hydrogens is 266 g/mol. The molecule has 1 aliphatic rings. The lowest BCUT2D eigenvalue weighted by atomic mass is 9.96. The van der Waals surface area contributed by atoms with Crippen LogP contribution < -0.4 is 5.32 Å². The summed E-state index contributed by atoms with van der Waals surface area (Å²) in [6.07, 6.45) is 2.48. The number of halogens is 1. The van der Waals surface area contributed by atoms with Gasteiger partial charge in [-0.1, -0.05) is 18.0 Å². The molecule has 102 valence electrons. The SMILES string of the molecule is O=C(NCC1CCCC1C(=O)O)c1ccc(Cl)cc1. The van der Waals surface area contributed by atoms with E-state index in [1.165, 1.54) is 0 Å². The van der Waals surface area contributed by atoms with E-state index >= 15 is 0 Å². The smallest absolute Gasteiger partial charge is 0.306 e. The first kappa shape index (κ1) is 13.9. The summed E-state index contributed by atoms with van der Waals surface area (Å²) in [5, 5.41) is 12.5. The lowest BCUT2D eigenvalue weighted by molar-refractivity contribution is -0.142. The Labute approximate surface area is 116 Å². The van der Waals surface area contributed by atoms with Crippen molar-refractivity contribution < 1.29 is 14.7 Å². The molecule has 0 bridgehead atoms. The van der Waals surface area contributed by atoms with E-state index in [0.717, 1.165) is 12.8 Å². The van der Waals surface area contributed by atoms with E-state index in [4.69, 9.17) is 16.7 Å². The number of nitrogens with one attached hydrogen (secondary N) is 1. The summed E-state index contributed by atoms with van der Waals surface area (Å²) in [7, 11) is 0. The molecule has 0 heterocycles. The Morgan fingerprint density at radius 2 is 1.95 bits per heavy atom. The lowest BCUT2D eigenvalue weighted by Gasteiger charge is -2.16. The molecule has 4 nitrogen and oxygen atoms in total. The molecule has 0 aliphatic heterocycles. The number of carboxylic acids is 1. The Bertz CT molecular complexity index is 472. The summed E-state index contributed by atoms with van der Waals surface area (Å²) >= 11 is 5.75. The van der Waals surface area contributed by atoms with Crippen LogP contribution in [0.15, 0.2) is 24.3 Å². The minimum atomic E-state index is -0.761. The van der Waals surface area contributed by atoms with Gasteiger partial charge in [-0.2, -0.15) is 0 Å². The van der Waals surface area contributed by atoms with Crippen molar-refractivity contribution in [3.05, 3.63) is 34.9 Å². The number of hydrogen-bond acceptors (Lipinski definition) is 2. The molecular formula is C14H16ClNO3. The summed E-state index contributed by atoms with van der Waals surface area (Å²) in [6.45, 7) is 0.415. The van der Waals surface area contributed by atoms with Crippen LogP contribution in [0.25, 0.3) is 0 Å². The largest absolute Gasteiger partial charge is 0.481 e. The van der Waals surface area contributed by atoms with Gasteiger partial charge in [-0.05, 0) is 43.0 Å². The molecule has 1 amide bonds. The van der Waals surface area contributed by atoms with Gasteiger partial charge in [-0.3, -0.25) is 9.59 Å². The normalized spacial score (nSPS) is 22.2. The minimum absolute atomic E-state index is 0.0359. The summed E-state index contributed by atoms with van der Waals surface area (Å²) < 4.78 is 0. The molecule has 2 N–H and O–H groups in total. The van der Waals surface area contributed by atoms with Crippen molar-refractivity contribution in [1.29, 1.82) is 0 Å². The van der Waals surface area contributed by atoms with Crippen LogP contribution >= 0.6 is 11.6 Å². The Kier molecular flexibility index (Phi) is 4.43. The van der Waals surface area contributed by atoms with Gasteiger partial charge in [0.25, 0.3) is 5.91 Å². The van der Waals surface area contributed by atoms with E-state index in [2.05, 4.69) is 5.32 Å². The van der Waals surface area contributed by atoms with Crippen molar-refractivity contribution in [2.24, 2.45) is 11.8 Å². The number of hydrogen-bond donors (Lipinski definition) is 2. The van der Waals surface area contributed by atoms with Crippen LogP contribution in [-0.4, -0.2) is 23.5 Å². The maximum Gasteiger partial charge on any atom is 0.306 e. The Morgan fingerprint density at radius 3 is 2.58 bits per heavy atom. The van der Waals surface area contributed by atoms with Gasteiger partial charge in [-0.15, -0.1) is 0 Å². The maximum atomic E-state index is 11.9. The quantitative estimate of drug-likeness (QED) is 0.891. The molecule has 2 unspecified atom stereocenters. The molecule has 5 heteroatoms. The first-order valence-corrected chi connectivity index (χ1v) is 6.72. The Balaban J connectivity index is 1.90. The number of amides is 1. The minimum Gasteiger partial charge on any atom is -0.481 e. The summed E-state index contributed by atoms with van der Waals surface area (Å²) in [5.41, 5.74) is 0.536. The molecule has 19 heavy (non-hydrogen) atoms. The zero-order valence-electron chi connectivity index (χ0n) is 10.4. The van der Waals surface area contributed by atoms with E-state index in [9.17, 15) is 9.59 Å². The number of rotatable bonds is 4. The third-order valence-electron chi connectivity index (χ3n) is 3.61. The van der Waals surface area contributed by atoms with Crippen molar-refractivity contribution in [3.8, 4) is 0 Å². The van der Waals surface area contributed by atoms with Gasteiger partial charge in [-0.25, -0.2) is 0 Å². The van der Waals surface area contributed by atoms with Gasteiger partial charge in [0.1, 0.15) is 0 Å². The average Bonchev–Trinajstić information content (AvgIpc) is 2.85. The van der Waals surface area contributed by atoms with Crippen molar-refractivity contribution >= 4 is 23.5 Å². The number of carboxylic acid groups (broad SMARTS) is 1. The first-order chi connectivity index (χ1) is 9.08. The van der Waals surface area contributed by atoms with Crippen molar-refractivity contribution in [2.45, 2.75) is 19.3 Å². The fraction of sp³-hybridized carbons (Fsp3) is 0.429. The van der Waals surface area contributed by atoms with Crippen molar-refractivity contribution in [1.82, 2.24) is 5.32 Å². The first-order valence-electron chi connectivity index (χ1n) is 6.34. The highest BCUT2D eigenvalue weighted by atomic mass is 35.5. The van der Waals surface area contributed by atoms with Crippen molar-refractivity contribution in [3.63, 3.8) is 0 Å². The molecule has 2 atom stereocenters. The lowest BCUT2D eigenvalue weighted by Crippen LogP contribution is -2.33. The van der Waals surface area contributed by atoms with Crippen LogP contribution in [0.2, 0.25) is 5.02 Å². The van der Waals surface area contributed by atoms with E-state index < -0.39 is 5.97 Å². The fourth-order valence-electron chi connectivity index (χ4n) is 2.53. The van der Waals surface area contributed by atoms with E-state index in [1.807, 2.05) is 0 Å². The molecule has 1 fully saturated rings. The molecule has 1 saturated carbocycles. The summed E-state index contributed by atoms with van der Waals surface area (Å²) in [5.74, 6) is -1.24. The predicted octanol–water partition coefficient (Wildman–Crippen LogP) is 2.57. The van der Waals surface area contributed by atoms with Crippen molar-refractivity contribution in [2.75, 3.05) is 6.54 Å². The van der Waals surface area contributed by atoms with Crippen LogP contribution in [0.5, 0.6) is 0 Å². The Hall–Kier alpha value is -1.55. The second kappa shape index (κ2) is 6.06. The third-order valence-corrected chi connectivity index (χ3v) is 3.86. The highest BCUT2D eigenvalue weighted by Gasteiger charge is 2.32. The van der Waals surface area contributed by atoms with Gasteiger partial charge in [0, 0.05) is 17.1 Å². The highest BCUT2D eigenvalue weighted by molar-refractivity contribution is 6.30. The topological polar surface area (TPSA) is 66.4 Å². The van der Waals surface area contributed by atoms with Gasteiger partial charge < -0.3 is 10.4 Å². The molecule has 2 rings (SSSR count). The van der Waals surface area contributed by atoms with Crippen LogP contribution in [-0.2, 0) is 4.79 Å². The zero-order valence-corrected chi connectivity index (χ0v) is 11.2. The average molecular weight is 282 g/mol. The number of aliphatic carboxylic acids is 1. The molecule has 0 saturated heterocycles. The number of benzene rings is 1. The summed E-state index contributed by atoms with van der Waals surface area (Å²) in [6, 6.07) is 6.63. The van der Waals surface area contributed by atoms with E-state index in [0.29, 0.717) is 23.6 Å². The van der Waals surface area contributed by atoms with E-state index in [1.54, 1.807) is 24.3 Å². The Morgan fingerprint density at radius 1 is 1.26 bits per heavy atom. The summed E-state index contributed by atoms with van der Waals surface area (Å²) in [4.78, 5) is 22.9.